The number of allylic oxidation sites excluding steroid dienone is 1. The molecular weight excluding hydrogens is 746 g/mol. The Morgan fingerprint density at radius 1 is 0.810 bits per heavy atom. The molecule has 3 amide bonds. The summed E-state index contributed by atoms with van der Waals surface area (Å²) in [6.07, 6.45) is 10.3. The number of benzene rings is 3. The van der Waals surface area contributed by atoms with Crippen molar-refractivity contribution in [1.29, 1.82) is 0 Å². The summed E-state index contributed by atoms with van der Waals surface area (Å²) in [5.74, 6) is -0.387. The van der Waals surface area contributed by atoms with Crippen molar-refractivity contribution in [3.8, 4) is 0 Å². The maximum atomic E-state index is 13.4. The van der Waals surface area contributed by atoms with Crippen molar-refractivity contribution in [2.75, 3.05) is 60.5 Å². The normalized spacial score (nSPS) is 24.4. The topological polar surface area (TPSA) is 83.8 Å². The van der Waals surface area contributed by atoms with E-state index in [1.165, 1.54) is 43.4 Å². The molecule has 1 N–H and O–H groups in total. The van der Waals surface area contributed by atoms with Crippen LogP contribution in [0, 0.1) is 17.9 Å². The second-order valence-corrected chi connectivity index (χ2v) is 18.2. The number of carbonyl (C=O) groups is 3. The molecule has 0 bridgehead atoms. The molecule has 0 saturated carbocycles. The first-order chi connectivity index (χ1) is 28.1. The number of nitrogens with zero attached hydrogens (tertiary/aromatic N) is 6. The molecule has 3 aromatic rings. The summed E-state index contributed by atoms with van der Waals surface area (Å²) in [5, 5.41) is 3.25. The molecule has 0 aromatic heterocycles. The number of carbonyl (C=O) groups excluding carboxylic acids is 3. The van der Waals surface area contributed by atoms with Gasteiger partial charge in [-0.25, -0.2) is 4.85 Å². The van der Waals surface area contributed by atoms with Gasteiger partial charge >= 0.3 is 0 Å². The number of anilines is 3. The molecule has 2 atom stereocenters. The van der Waals surface area contributed by atoms with E-state index in [1.54, 1.807) is 6.07 Å². The van der Waals surface area contributed by atoms with Gasteiger partial charge in [0.25, 0.3) is 11.8 Å². The predicted molar refractivity (Wildman–Crippen MR) is 230 cm³/mol. The first kappa shape index (κ1) is 38.7. The lowest BCUT2D eigenvalue weighted by Gasteiger charge is -2.42. The number of nitrogens with one attached hydrogen (secondary N) is 1. The van der Waals surface area contributed by atoms with Crippen molar-refractivity contribution >= 4 is 52.1 Å². The monoisotopic (exact) mass is 799 g/mol. The first-order valence-corrected chi connectivity index (χ1v) is 21.7. The number of imide groups is 1. The second kappa shape index (κ2) is 15.7. The molecule has 0 aliphatic carbocycles. The van der Waals surface area contributed by atoms with Gasteiger partial charge in [-0.05, 0) is 144 Å². The van der Waals surface area contributed by atoms with Crippen LogP contribution in [0.15, 0.2) is 72.9 Å². The van der Waals surface area contributed by atoms with Crippen molar-refractivity contribution in [3.63, 3.8) is 0 Å². The average molecular weight is 800 g/mol. The van der Waals surface area contributed by atoms with E-state index in [9.17, 15) is 14.4 Å². The number of halogens is 1. The molecule has 6 aliphatic rings. The summed E-state index contributed by atoms with van der Waals surface area (Å²) in [5.41, 5.74) is 7.14. The smallest absolute Gasteiger partial charge is 0.262 e. The number of likely N-dealkylation sites (tertiary alicyclic amines) is 1. The van der Waals surface area contributed by atoms with Gasteiger partial charge in [0.05, 0.1) is 17.7 Å². The third-order valence-corrected chi connectivity index (χ3v) is 14.6. The fraction of sp³-hybridized carbons (Fsp3) is 0.489. The SMILES string of the molecule is [C-]#[N+]c1ccc(N2CC3(CCN(c4ccc(CC5CCN(C6CCN(c7ccc8c(c7)C(=O)N(C7CCC(=C)NC7=O)C8=O)CC6)CC5)cc4)CC3)C[C@@H]2C)cc1Cl. The minimum atomic E-state index is -0.792. The number of rotatable bonds is 7. The van der Waals surface area contributed by atoms with Crippen LogP contribution in [0.5, 0.6) is 0 Å². The molecule has 302 valence electrons. The average Bonchev–Trinajstić information content (AvgIpc) is 3.69. The van der Waals surface area contributed by atoms with E-state index in [1.807, 2.05) is 24.3 Å². The summed E-state index contributed by atoms with van der Waals surface area (Å²) in [6, 6.07) is 21.1. The highest BCUT2D eigenvalue weighted by atomic mass is 35.5. The van der Waals surface area contributed by atoms with Crippen LogP contribution in [0.2, 0.25) is 5.02 Å². The lowest BCUT2D eigenvalue weighted by molar-refractivity contribution is -0.125. The Kier molecular flexibility index (Phi) is 10.5. The lowest BCUT2D eigenvalue weighted by atomic mass is 9.76. The largest absolute Gasteiger partial charge is 0.371 e. The fourth-order valence-corrected chi connectivity index (χ4v) is 11.2. The summed E-state index contributed by atoms with van der Waals surface area (Å²) in [6.45, 7) is 20.8. The van der Waals surface area contributed by atoms with Gasteiger partial charge in [0.15, 0.2) is 0 Å². The van der Waals surface area contributed by atoms with Gasteiger partial charge < -0.3 is 24.9 Å². The molecule has 3 aromatic carbocycles. The van der Waals surface area contributed by atoms with Gasteiger partial charge in [-0.2, -0.15) is 0 Å². The molecule has 0 radical (unpaired) electrons. The van der Waals surface area contributed by atoms with Gasteiger partial charge in [-0.1, -0.05) is 36.4 Å². The van der Waals surface area contributed by atoms with Crippen molar-refractivity contribution in [2.24, 2.45) is 11.3 Å². The van der Waals surface area contributed by atoms with Crippen LogP contribution >= 0.6 is 11.6 Å². The zero-order chi connectivity index (χ0) is 40.1. The molecule has 58 heavy (non-hydrogen) atoms. The van der Waals surface area contributed by atoms with Crippen LogP contribution < -0.4 is 20.0 Å². The maximum absolute atomic E-state index is 13.4. The Bertz CT molecular complexity index is 2140. The Morgan fingerprint density at radius 3 is 2.17 bits per heavy atom. The van der Waals surface area contributed by atoms with Gasteiger partial charge in [-0.3, -0.25) is 19.3 Å². The number of piperidine rings is 4. The van der Waals surface area contributed by atoms with E-state index in [4.69, 9.17) is 18.2 Å². The summed E-state index contributed by atoms with van der Waals surface area (Å²) < 4.78 is 0. The molecule has 5 fully saturated rings. The Hall–Kier alpha value is -4.85. The van der Waals surface area contributed by atoms with Crippen LogP contribution in [-0.4, -0.2) is 91.5 Å². The van der Waals surface area contributed by atoms with Crippen molar-refractivity contribution in [2.45, 2.75) is 89.3 Å². The molecule has 10 nitrogen and oxygen atoms in total. The Morgan fingerprint density at radius 2 is 1.48 bits per heavy atom. The fourth-order valence-electron chi connectivity index (χ4n) is 11.0. The van der Waals surface area contributed by atoms with Crippen molar-refractivity contribution in [1.82, 2.24) is 15.1 Å². The highest BCUT2D eigenvalue weighted by Crippen LogP contribution is 2.46. The Labute approximate surface area is 347 Å². The minimum Gasteiger partial charge on any atom is -0.371 e. The van der Waals surface area contributed by atoms with Crippen LogP contribution in [0.4, 0.5) is 22.7 Å². The van der Waals surface area contributed by atoms with Gasteiger partial charge in [-0.15, -0.1) is 0 Å². The molecule has 9 rings (SSSR count). The zero-order valence-corrected chi connectivity index (χ0v) is 34.4. The van der Waals surface area contributed by atoms with Crippen molar-refractivity contribution in [3.05, 3.63) is 106 Å². The van der Waals surface area contributed by atoms with E-state index >= 15 is 0 Å². The van der Waals surface area contributed by atoms with Gasteiger partial charge in [0, 0.05) is 72.6 Å². The molecule has 1 spiro atoms. The zero-order valence-electron chi connectivity index (χ0n) is 33.6. The molecule has 1 unspecified atom stereocenters. The minimum absolute atomic E-state index is 0.329. The summed E-state index contributed by atoms with van der Waals surface area (Å²) >= 11 is 6.41. The molecule has 6 aliphatic heterocycles. The standard InChI is InChI=1S/C47H54ClN7O3/c1-31-4-13-43(44(56)50-31)55-45(57)39-11-9-37(27-40(39)46(55)58)52-22-16-36(17-23-52)51-20-14-34(15-21-51)26-33-5-7-35(8-6-33)53-24-18-47(19-25-53)29-32(2)54(30-47)38-10-12-42(49-3)41(48)28-38/h5-12,27-28,32,34,36,43H,1,4,13-26,29-30H2,2H3,(H,50,56)/t32-,43?/m0/s1. The summed E-state index contributed by atoms with van der Waals surface area (Å²) in [4.78, 5) is 54.1. The van der Waals surface area contributed by atoms with Crippen LogP contribution in [-0.2, 0) is 11.2 Å². The van der Waals surface area contributed by atoms with Gasteiger partial charge in [0.1, 0.15) is 6.04 Å². The third-order valence-electron chi connectivity index (χ3n) is 14.3. The highest BCUT2D eigenvalue weighted by Gasteiger charge is 2.45. The van der Waals surface area contributed by atoms with E-state index in [0.29, 0.717) is 63.8 Å². The maximum Gasteiger partial charge on any atom is 0.262 e. The van der Waals surface area contributed by atoms with E-state index in [-0.39, 0.29) is 17.7 Å². The first-order valence-electron chi connectivity index (χ1n) is 21.4. The number of hydrogen-bond donors (Lipinski definition) is 1. The van der Waals surface area contributed by atoms with Crippen molar-refractivity contribution < 1.29 is 14.4 Å². The van der Waals surface area contributed by atoms with Crippen LogP contribution in [0.1, 0.15) is 91.0 Å². The third kappa shape index (κ3) is 7.37. The van der Waals surface area contributed by atoms with E-state index in [0.717, 1.165) is 81.4 Å². The van der Waals surface area contributed by atoms with E-state index < -0.39 is 6.04 Å². The summed E-state index contributed by atoms with van der Waals surface area (Å²) in [7, 11) is 0. The number of amides is 3. The molecule has 11 heteroatoms. The second-order valence-electron chi connectivity index (χ2n) is 17.8. The van der Waals surface area contributed by atoms with E-state index in [2.05, 4.69) is 73.6 Å². The molecular formula is C47H54ClN7O3. The molecule has 6 heterocycles. The highest BCUT2D eigenvalue weighted by molar-refractivity contribution is 6.33. The molecule has 5 saturated heterocycles. The Balaban J connectivity index is 0.720. The van der Waals surface area contributed by atoms with Crippen LogP contribution in [0.25, 0.3) is 4.85 Å². The lowest BCUT2D eigenvalue weighted by Crippen LogP contribution is -2.51. The quantitative estimate of drug-likeness (QED) is 0.191. The van der Waals surface area contributed by atoms with Gasteiger partial charge in [0.2, 0.25) is 11.6 Å². The van der Waals surface area contributed by atoms with Crippen LogP contribution in [0.3, 0.4) is 0 Å². The number of hydrogen-bond acceptors (Lipinski definition) is 7. The number of fused-ring (bicyclic) bond motifs is 1. The predicted octanol–water partition coefficient (Wildman–Crippen LogP) is 8.09.